The largest absolute Gasteiger partial charge is 0.0853 e. The van der Waals surface area contributed by atoms with Gasteiger partial charge >= 0.3 is 0 Å². The lowest BCUT2D eigenvalue weighted by atomic mass is 9.50. The van der Waals surface area contributed by atoms with Gasteiger partial charge in [0, 0.05) is 0 Å². The minimum atomic E-state index is 0.573. The molecule has 0 aromatic heterocycles. The summed E-state index contributed by atoms with van der Waals surface area (Å²) in [6, 6.07) is 0. The van der Waals surface area contributed by atoms with Crippen molar-refractivity contribution < 1.29 is 0 Å². The maximum Gasteiger partial charge on any atom is -0.00825 e. The summed E-state index contributed by atoms with van der Waals surface area (Å²) < 4.78 is 0. The van der Waals surface area contributed by atoms with Gasteiger partial charge in [0.2, 0.25) is 0 Å². The quantitative estimate of drug-likeness (QED) is 0.507. The SMILES string of the molecule is CCC1=CCC2C3CC[C@H]4CC(C)=CCC4C3CC[C@]12C. The van der Waals surface area contributed by atoms with E-state index in [2.05, 4.69) is 32.9 Å². The number of allylic oxidation sites excluding steroid dienone is 4. The Kier molecular flexibility index (Phi) is 3.36. The molecule has 0 heterocycles. The Bertz CT molecular complexity index is 482. The Morgan fingerprint density at radius 3 is 2.71 bits per heavy atom. The van der Waals surface area contributed by atoms with Crippen molar-refractivity contribution in [3.63, 3.8) is 0 Å². The second-order valence-corrected chi connectivity index (χ2v) is 8.70. The number of hydrogen-bond donors (Lipinski definition) is 0. The molecule has 4 rings (SSSR count). The van der Waals surface area contributed by atoms with Crippen molar-refractivity contribution in [2.45, 2.75) is 72.1 Å². The third-order valence-corrected chi connectivity index (χ3v) is 7.96. The molecule has 0 spiro atoms. The fraction of sp³-hybridized carbons (Fsp3) is 0.810. The van der Waals surface area contributed by atoms with Gasteiger partial charge in [0.25, 0.3) is 0 Å². The zero-order valence-corrected chi connectivity index (χ0v) is 14.2. The molecule has 6 atom stereocenters. The van der Waals surface area contributed by atoms with Crippen LogP contribution < -0.4 is 0 Å². The normalized spacial score (nSPS) is 48.8. The van der Waals surface area contributed by atoms with Crippen molar-refractivity contribution in [3.8, 4) is 0 Å². The minimum Gasteiger partial charge on any atom is -0.0853 e. The van der Waals surface area contributed by atoms with E-state index in [1.54, 1.807) is 11.1 Å². The highest BCUT2D eigenvalue weighted by molar-refractivity contribution is 5.25. The molecule has 4 aliphatic rings. The van der Waals surface area contributed by atoms with Gasteiger partial charge in [-0.15, -0.1) is 0 Å². The van der Waals surface area contributed by atoms with Gasteiger partial charge in [-0.1, -0.05) is 37.1 Å². The maximum absolute atomic E-state index is 2.63. The zero-order chi connectivity index (χ0) is 14.6. The lowest BCUT2D eigenvalue weighted by molar-refractivity contribution is -0.0315. The molecule has 0 aliphatic heterocycles. The van der Waals surface area contributed by atoms with Crippen molar-refractivity contribution in [1.82, 2.24) is 0 Å². The van der Waals surface area contributed by atoms with Crippen LogP contribution in [0.4, 0.5) is 0 Å². The minimum absolute atomic E-state index is 0.573. The van der Waals surface area contributed by atoms with Gasteiger partial charge in [0.1, 0.15) is 0 Å². The van der Waals surface area contributed by atoms with E-state index in [4.69, 9.17) is 0 Å². The topological polar surface area (TPSA) is 0 Å². The monoisotopic (exact) mass is 284 g/mol. The smallest absolute Gasteiger partial charge is 0.00825 e. The van der Waals surface area contributed by atoms with Crippen LogP contribution in [0.25, 0.3) is 0 Å². The van der Waals surface area contributed by atoms with Crippen molar-refractivity contribution in [2.75, 3.05) is 0 Å². The second kappa shape index (κ2) is 5.00. The van der Waals surface area contributed by atoms with Crippen molar-refractivity contribution in [2.24, 2.45) is 35.0 Å². The molecule has 0 bridgehead atoms. The molecule has 0 N–H and O–H groups in total. The predicted octanol–water partition coefficient (Wildman–Crippen LogP) is 6.14. The first kappa shape index (κ1) is 14.1. The lowest BCUT2D eigenvalue weighted by Crippen LogP contribution is -2.47. The summed E-state index contributed by atoms with van der Waals surface area (Å²) in [7, 11) is 0. The van der Waals surface area contributed by atoms with Gasteiger partial charge in [-0.05, 0) is 93.3 Å². The van der Waals surface area contributed by atoms with Gasteiger partial charge in [-0.2, -0.15) is 0 Å². The summed E-state index contributed by atoms with van der Waals surface area (Å²) in [5, 5.41) is 0. The number of fused-ring (bicyclic) bond motifs is 5. The Morgan fingerprint density at radius 1 is 1.05 bits per heavy atom. The Balaban J connectivity index is 1.59. The van der Waals surface area contributed by atoms with Crippen molar-refractivity contribution >= 4 is 0 Å². The molecule has 4 aliphatic carbocycles. The summed E-state index contributed by atoms with van der Waals surface area (Å²) in [6.07, 6.45) is 16.7. The first-order valence-corrected chi connectivity index (χ1v) is 9.48. The van der Waals surface area contributed by atoms with E-state index in [9.17, 15) is 0 Å². The molecule has 0 saturated heterocycles. The molecule has 2 saturated carbocycles. The van der Waals surface area contributed by atoms with Crippen LogP contribution in [-0.2, 0) is 0 Å². The van der Waals surface area contributed by atoms with Gasteiger partial charge in [-0.25, -0.2) is 0 Å². The highest BCUT2D eigenvalue weighted by Crippen LogP contribution is 2.62. The lowest BCUT2D eigenvalue weighted by Gasteiger charge is -2.55. The molecule has 4 unspecified atom stereocenters. The molecule has 2 fully saturated rings. The summed E-state index contributed by atoms with van der Waals surface area (Å²) in [5.41, 5.74) is 4.04. The highest BCUT2D eigenvalue weighted by atomic mass is 14.6. The Labute approximate surface area is 131 Å². The second-order valence-electron chi connectivity index (χ2n) is 8.70. The first-order valence-electron chi connectivity index (χ1n) is 9.48. The number of hydrogen-bond acceptors (Lipinski definition) is 0. The van der Waals surface area contributed by atoms with Gasteiger partial charge in [0.15, 0.2) is 0 Å². The summed E-state index contributed by atoms with van der Waals surface area (Å²) in [5.74, 6) is 5.13. The standard InChI is InChI=1S/C21H32/c1-4-16-7-10-20-19-9-6-15-13-14(2)5-8-17(15)18(19)11-12-21(16,20)3/h5,7,15,17-20H,4,6,8-13H2,1-3H3/t15-,17?,18?,19?,20?,21+/m0/s1. The summed E-state index contributed by atoms with van der Waals surface area (Å²) >= 11 is 0. The van der Waals surface area contributed by atoms with Gasteiger partial charge in [0.05, 0.1) is 0 Å². The van der Waals surface area contributed by atoms with E-state index >= 15 is 0 Å². The van der Waals surface area contributed by atoms with Gasteiger partial charge < -0.3 is 0 Å². The van der Waals surface area contributed by atoms with E-state index in [0.29, 0.717) is 5.41 Å². The zero-order valence-electron chi connectivity index (χ0n) is 14.2. The fourth-order valence-corrected chi connectivity index (χ4v) is 6.89. The third-order valence-electron chi connectivity index (χ3n) is 7.96. The van der Waals surface area contributed by atoms with Crippen LogP contribution in [0.1, 0.15) is 72.1 Å². The van der Waals surface area contributed by atoms with Crippen LogP contribution in [0.15, 0.2) is 23.3 Å². The molecular weight excluding hydrogens is 252 g/mol. The van der Waals surface area contributed by atoms with Crippen LogP contribution in [0, 0.1) is 35.0 Å². The molecule has 116 valence electrons. The average molecular weight is 284 g/mol. The van der Waals surface area contributed by atoms with Crippen LogP contribution >= 0.6 is 0 Å². The van der Waals surface area contributed by atoms with E-state index in [0.717, 1.165) is 29.6 Å². The molecule has 0 aromatic carbocycles. The van der Waals surface area contributed by atoms with Crippen molar-refractivity contribution in [3.05, 3.63) is 23.3 Å². The fourth-order valence-electron chi connectivity index (χ4n) is 6.89. The van der Waals surface area contributed by atoms with Crippen LogP contribution in [0.2, 0.25) is 0 Å². The molecule has 0 amide bonds. The summed E-state index contributed by atoms with van der Waals surface area (Å²) in [6.45, 7) is 7.33. The molecule has 0 aromatic rings. The third kappa shape index (κ3) is 2.01. The van der Waals surface area contributed by atoms with Gasteiger partial charge in [-0.3, -0.25) is 0 Å². The Hall–Kier alpha value is -0.520. The van der Waals surface area contributed by atoms with E-state index in [-0.39, 0.29) is 0 Å². The van der Waals surface area contributed by atoms with E-state index in [1.807, 2.05) is 0 Å². The molecular formula is C21H32. The molecule has 0 heteroatoms. The van der Waals surface area contributed by atoms with Crippen molar-refractivity contribution in [1.29, 1.82) is 0 Å². The van der Waals surface area contributed by atoms with Crippen LogP contribution in [0.5, 0.6) is 0 Å². The predicted molar refractivity (Wildman–Crippen MR) is 90.0 cm³/mol. The molecule has 21 heavy (non-hydrogen) atoms. The van der Waals surface area contributed by atoms with E-state index < -0.39 is 0 Å². The van der Waals surface area contributed by atoms with Crippen LogP contribution in [0.3, 0.4) is 0 Å². The summed E-state index contributed by atoms with van der Waals surface area (Å²) in [4.78, 5) is 0. The maximum atomic E-state index is 2.63. The first-order chi connectivity index (χ1) is 10.1. The Morgan fingerprint density at radius 2 is 1.90 bits per heavy atom. The van der Waals surface area contributed by atoms with E-state index in [1.165, 1.54) is 51.4 Å². The average Bonchev–Trinajstić information content (AvgIpc) is 2.83. The van der Waals surface area contributed by atoms with Crippen LogP contribution in [-0.4, -0.2) is 0 Å². The molecule has 0 nitrogen and oxygen atoms in total. The molecule has 0 radical (unpaired) electrons. The highest BCUT2D eigenvalue weighted by Gasteiger charge is 2.53. The number of rotatable bonds is 1.